The van der Waals surface area contributed by atoms with Crippen molar-refractivity contribution in [3.05, 3.63) is 119 Å². The van der Waals surface area contributed by atoms with Crippen molar-refractivity contribution in [3.63, 3.8) is 0 Å². The molecule has 0 atom stereocenters. The van der Waals surface area contributed by atoms with Crippen LogP contribution in [-0.4, -0.2) is 26.1 Å². The van der Waals surface area contributed by atoms with E-state index in [0.717, 1.165) is 44.8 Å². The van der Waals surface area contributed by atoms with Crippen molar-refractivity contribution in [2.45, 2.75) is 116 Å². The highest BCUT2D eigenvalue weighted by atomic mass is 28.3. The van der Waals surface area contributed by atoms with Crippen LogP contribution in [-0.2, 0) is 0 Å². The van der Waals surface area contributed by atoms with Gasteiger partial charge >= 0.3 is 0 Å². The fourth-order valence-electron chi connectivity index (χ4n) is 7.27. The molecule has 2 nitrogen and oxygen atoms in total. The second-order valence-electron chi connectivity index (χ2n) is 14.1. The molecule has 0 unspecified atom stereocenters. The summed E-state index contributed by atoms with van der Waals surface area (Å²) >= 11 is 0. The molecule has 0 aliphatic rings. The van der Waals surface area contributed by atoms with Crippen molar-refractivity contribution in [2.24, 2.45) is 0 Å². The normalized spacial score (nSPS) is 10.8. The largest absolute Gasteiger partial charge is 0.255 e. The molecule has 2 aromatic heterocycles. The highest BCUT2D eigenvalue weighted by molar-refractivity contribution is 6.87. The molecule has 4 heteroatoms. The fraction of sp³-hybridized carbons (Fsp3) is 0.375. The van der Waals surface area contributed by atoms with Gasteiger partial charge in [-0.25, -0.2) is 0 Å². The van der Waals surface area contributed by atoms with Crippen molar-refractivity contribution in [3.8, 4) is 58.0 Å². The van der Waals surface area contributed by atoms with Gasteiger partial charge in [-0.05, 0) is 109 Å². The molecule has 266 valence electrons. The minimum Gasteiger partial charge on any atom is -0.255 e. The predicted octanol–water partition coefficient (Wildman–Crippen LogP) is 12.1. The van der Waals surface area contributed by atoms with Crippen LogP contribution in [0.25, 0.3) is 11.4 Å². The third-order valence-corrected chi connectivity index (χ3v) is 19.6. The van der Waals surface area contributed by atoms with Crippen molar-refractivity contribution >= 4 is 16.1 Å². The summed E-state index contributed by atoms with van der Waals surface area (Å²) < 4.78 is 0. The molecule has 0 N–H and O–H groups in total. The third kappa shape index (κ3) is 12.3. The zero-order chi connectivity index (χ0) is 37.1. The van der Waals surface area contributed by atoms with Crippen LogP contribution < -0.4 is 0 Å². The van der Waals surface area contributed by atoms with Gasteiger partial charge in [0.2, 0.25) is 0 Å². The van der Waals surface area contributed by atoms with Crippen LogP contribution in [0.1, 0.15) is 113 Å². The standard InChI is InChI=1S/C48H56N2Si2/c1-7-31-51(32-8-2,33-9-3)37-27-43-17-13-41(14-18-43)21-23-45-25-29-49-47(39-45)48-40-46(26-30-50-48)24-22-42-15-19-44(20-16-42)28-38-52(34-10-4,35-11-5)36-12-6/h13-20,25-26,29-30,39-40H,7-12,31-36H2,1-6H3. The number of hydrogen-bond donors (Lipinski definition) is 0. The van der Waals surface area contributed by atoms with E-state index in [2.05, 4.69) is 147 Å². The molecule has 0 radical (unpaired) electrons. The molecule has 0 spiro atoms. The van der Waals surface area contributed by atoms with Crippen LogP contribution >= 0.6 is 0 Å². The first-order valence-corrected chi connectivity index (χ1v) is 24.9. The fourth-order valence-corrected chi connectivity index (χ4v) is 16.1. The Morgan fingerprint density at radius 2 is 0.635 bits per heavy atom. The summed E-state index contributed by atoms with van der Waals surface area (Å²) in [7, 11) is -3.07. The molecule has 4 rings (SSSR count). The Balaban J connectivity index is 1.45. The van der Waals surface area contributed by atoms with Gasteiger partial charge in [-0.2, -0.15) is 0 Å². The first-order valence-electron chi connectivity index (χ1n) is 19.6. The Bertz CT molecular complexity index is 1800. The van der Waals surface area contributed by atoms with E-state index in [1.807, 2.05) is 24.3 Å². The van der Waals surface area contributed by atoms with Gasteiger partial charge in [0, 0.05) is 45.8 Å². The van der Waals surface area contributed by atoms with Crippen LogP contribution in [0.3, 0.4) is 0 Å². The lowest BCUT2D eigenvalue weighted by Crippen LogP contribution is -2.32. The van der Waals surface area contributed by atoms with E-state index < -0.39 is 16.1 Å². The molecular formula is C48H56N2Si2. The van der Waals surface area contributed by atoms with Gasteiger partial charge in [0.1, 0.15) is 16.1 Å². The zero-order valence-corrected chi connectivity index (χ0v) is 34.5. The van der Waals surface area contributed by atoms with Gasteiger partial charge in [0.05, 0.1) is 11.4 Å². The summed E-state index contributed by atoms with van der Waals surface area (Å²) in [5.74, 6) is 20.4. The lowest BCUT2D eigenvalue weighted by atomic mass is 10.1. The first-order chi connectivity index (χ1) is 25.4. The van der Waals surface area contributed by atoms with Crippen LogP contribution in [0.15, 0.2) is 85.2 Å². The second kappa shape index (κ2) is 21.1. The average Bonchev–Trinajstić information content (AvgIpc) is 3.16. The van der Waals surface area contributed by atoms with Crippen molar-refractivity contribution < 1.29 is 0 Å². The third-order valence-electron chi connectivity index (χ3n) is 9.57. The molecule has 0 amide bonds. The van der Waals surface area contributed by atoms with Gasteiger partial charge in [-0.1, -0.05) is 116 Å². The molecule has 0 saturated carbocycles. The van der Waals surface area contributed by atoms with E-state index in [1.165, 1.54) is 74.8 Å². The van der Waals surface area contributed by atoms with Crippen LogP contribution in [0.4, 0.5) is 0 Å². The second-order valence-corrected chi connectivity index (χ2v) is 22.7. The van der Waals surface area contributed by atoms with E-state index in [-0.39, 0.29) is 0 Å². The molecule has 4 aromatic rings. The number of rotatable bonds is 13. The zero-order valence-electron chi connectivity index (χ0n) is 32.5. The number of pyridine rings is 2. The molecule has 0 aliphatic carbocycles. The van der Waals surface area contributed by atoms with Gasteiger partial charge in [-0.3, -0.25) is 9.97 Å². The molecule has 0 fully saturated rings. The predicted molar refractivity (Wildman–Crippen MR) is 228 cm³/mol. The number of nitrogens with zero attached hydrogens (tertiary/aromatic N) is 2. The quantitative estimate of drug-likeness (QED) is 0.102. The molecule has 0 bridgehead atoms. The summed E-state index contributed by atoms with van der Waals surface area (Å²) in [6.45, 7) is 13.8. The number of hydrogen-bond acceptors (Lipinski definition) is 2. The van der Waals surface area contributed by atoms with E-state index in [0.29, 0.717) is 0 Å². The molecule has 2 heterocycles. The van der Waals surface area contributed by atoms with Crippen molar-refractivity contribution in [1.82, 2.24) is 9.97 Å². The molecule has 0 aliphatic heterocycles. The topological polar surface area (TPSA) is 25.8 Å². The summed E-state index contributed by atoms with van der Waals surface area (Å²) in [5.41, 5.74) is 15.1. The summed E-state index contributed by atoms with van der Waals surface area (Å²) in [6, 6.07) is 32.4. The van der Waals surface area contributed by atoms with Crippen LogP contribution in [0, 0.1) is 46.6 Å². The summed E-state index contributed by atoms with van der Waals surface area (Å²) in [6.07, 6.45) is 11.0. The molecule has 52 heavy (non-hydrogen) atoms. The van der Waals surface area contributed by atoms with Gasteiger partial charge in [-0.15, -0.1) is 11.1 Å². The summed E-state index contributed by atoms with van der Waals surface area (Å²) in [4.78, 5) is 9.19. The van der Waals surface area contributed by atoms with Crippen molar-refractivity contribution in [2.75, 3.05) is 0 Å². The van der Waals surface area contributed by atoms with Gasteiger partial charge in [0.15, 0.2) is 0 Å². The highest BCUT2D eigenvalue weighted by Gasteiger charge is 2.29. The Labute approximate surface area is 317 Å². The van der Waals surface area contributed by atoms with E-state index in [9.17, 15) is 0 Å². The Kier molecular flexibility index (Phi) is 16.3. The molecular weight excluding hydrogens is 661 g/mol. The van der Waals surface area contributed by atoms with E-state index in [4.69, 9.17) is 0 Å². The highest BCUT2D eigenvalue weighted by Crippen LogP contribution is 2.27. The van der Waals surface area contributed by atoms with Crippen molar-refractivity contribution in [1.29, 1.82) is 0 Å². The molecule has 0 saturated heterocycles. The van der Waals surface area contributed by atoms with E-state index >= 15 is 0 Å². The van der Waals surface area contributed by atoms with Crippen LogP contribution in [0.2, 0.25) is 36.3 Å². The smallest absolute Gasteiger partial charge is 0.138 e. The lowest BCUT2D eigenvalue weighted by Gasteiger charge is -2.24. The lowest BCUT2D eigenvalue weighted by molar-refractivity contribution is 0.940. The Morgan fingerprint density at radius 1 is 0.365 bits per heavy atom. The summed E-state index contributed by atoms with van der Waals surface area (Å²) in [5, 5.41) is 0. The van der Waals surface area contributed by atoms with Crippen LogP contribution in [0.5, 0.6) is 0 Å². The van der Waals surface area contributed by atoms with Gasteiger partial charge in [0.25, 0.3) is 0 Å². The maximum atomic E-state index is 4.59. The molecule has 2 aromatic carbocycles. The monoisotopic (exact) mass is 716 g/mol. The maximum Gasteiger partial charge on any atom is 0.138 e. The number of benzene rings is 2. The number of aromatic nitrogens is 2. The Morgan fingerprint density at radius 3 is 0.923 bits per heavy atom. The van der Waals surface area contributed by atoms with Gasteiger partial charge < -0.3 is 0 Å². The average molecular weight is 717 g/mol. The van der Waals surface area contributed by atoms with E-state index in [1.54, 1.807) is 12.4 Å². The first kappa shape index (κ1) is 40.2. The minimum absolute atomic E-state index is 0.775. The SMILES string of the molecule is CCC[Si](C#Cc1ccc(C#Cc2ccnc(-c3cc(C#Cc4ccc(C#C[Si](CCC)(CCC)CCC)cc4)ccn3)c2)cc1)(CCC)CCC. The maximum absolute atomic E-state index is 4.59. The minimum atomic E-state index is -1.54. The Hall–Kier alpha value is -4.59.